The van der Waals surface area contributed by atoms with Crippen molar-refractivity contribution in [1.82, 2.24) is 14.7 Å². The first-order valence-electron chi connectivity index (χ1n) is 12.5. The maximum atomic E-state index is 12.1. The normalized spacial score (nSPS) is 11.4. The predicted octanol–water partition coefficient (Wildman–Crippen LogP) is 7.09. The molecule has 0 aliphatic rings. The molecule has 0 aliphatic heterocycles. The summed E-state index contributed by atoms with van der Waals surface area (Å²) in [7, 11) is 0. The molecule has 36 heavy (non-hydrogen) atoms. The van der Waals surface area contributed by atoms with Crippen molar-refractivity contribution in [2.24, 2.45) is 0 Å². The monoisotopic (exact) mass is 509 g/mol. The zero-order chi connectivity index (χ0) is 25.7. The summed E-state index contributed by atoms with van der Waals surface area (Å²) in [5.74, 6) is 1.32. The Morgan fingerprint density at radius 3 is 2.72 bits per heavy atom. The molecule has 4 aromatic rings. The van der Waals surface area contributed by atoms with Crippen molar-refractivity contribution < 1.29 is 18.8 Å². The third-order valence-corrected chi connectivity index (χ3v) is 6.01. The third-order valence-electron chi connectivity index (χ3n) is 5.72. The minimum Gasteiger partial charge on any atom is -0.489 e. The van der Waals surface area contributed by atoms with Crippen LogP contribution in [0.4, 0.5) is 0 Å². The van der Waals surface area contributed by atoms with Crippen molar-refractivity contribution >= 4 is 28.5 Å². The van der Waals surface area contributed by atoms with E-state index in [4.69, 9.17) is 25.6 Å². The molecule has 2 aromatic carbocycles. The van der Waals surface area contributed by atoms with Crippen molar-refractivity contribution in [1.29, 1.82) is 0 Å². The molecule has 2 aromatic heterocycles. The van der Waals surface area contributed by atoms with Gasteiger partial charge in [-0.05, 0) is 62.9 Å². The van der Waals surface area contributed by atoms with Gasteiger partial charge >= 0.3 is 5.97 Å². The molecule has 0 bridgehead atoms. The van der Waals surface area contributed by atoms with Crippen LogP contribution < -0.4 is 4.74 Å². The average molecular weight is 510 g/mol. The van der Waals surface area contributed by atoms with E-state index >= 15 is 0 Å². The molecule has 0 aliphatic carbocycles. The van der Waals surface area contributed by atoms with Gasteiger partial charge in [0.15, 0.2) is 0 Å². The number of carbonyl (C=O) groups is 1. The summed E-state index contributed by atoms with van der Waals surface area (Å²) < 4.78 is 18.8. The second-order valence-corrected chi connectivity index (χ2v) is 9.41. The van der Waals surface area contributed by atoms with Crippen LogP contribution in [-0.2, 0) is 22.5 Å². The van der Waals surface area contributed by atoms with Gasteiger partial charge in [0.1, 0.15) is 5.75 Å². The third kappa shape index (κ3) is 5.73. The molecule has 0 amide bonds. The summed E-state index contributed by atoms with van der Waals surface area (Å²) in [6, 6.07) is 11.5. The number of halogens is 1. The van der Waals surface area contributed by atoms with E-state index in [1.165, 1.54) is 0 Å². The highest BCUT2D eigenvalue weighted by atomic mass is 35.5. The van der Waals surface area contributed by atoms with E-state index in [2.05, 4.69) is 33.9 Å². The molecular formula is C28H32ClN3O4. The van der Waals surface area contributed by atoms with Gasteiger partial charge in [-0.3, -0.25) is 4.79 Å². The number of esters is 1. The van der Waals surface area contributed by atoms with Crippen LogP contribution in [-0.4, -0.2) is 33.4 Å². The number of benzene rings is 2. The number of aryl methyl sites for hydroxylation is 2. The van der Waals surface area contributed by atoms with E-state index in [1.807, 2.05) is 45.0 Å². The molecule has 0 saturated heterocycles. The molecule has 190 valence electrons. The minimum atomic E-state index is -0.171. The van der Waals surface area contributed by atoms with Crippen LogP contribution in [0.15, 0.2) is 47.1 Å². The number of aromatic nitrogens is 3. The fraction of sp³-hybridized carbons (Fsp3) is 0.393. The van der Waals surface area contributed by atoms with Gasteiger partial charge in [0.25, 0.3) is 5.89 Å². The standard InChI is InChI=1S/C28H32ClN3O4/c1-5-14-32-17-20(11-13-25(33)34-15-6-2)21-8-7-9-22(26(21)32)27-30-28(36-31-27)19-10-12-24(23(29)16-19)35-18(3)4/h7-10,12,16-18H,5-6,11,13-15H2,1-4H3. The Hall–Kier alpha value is -3.32. The predicted molar refractivity (Wildman–Crippen MR) is 141 cm³/mol. The molecular weight excluding hydrogens is 478 g/mol. The van der Waals surface area contributed by atoms with Crippen molar-refractivity contribution in [3.8, 4) is 28.6 Å². The smallest absolute Gasteiger partial charge is 0.306 e. The molecule has 0 unspecified atom stereocenters. The second-order valence-electron chi connectivity index (χ2n) is 9.00. The number of rotatable bonds is 11. The number of ether oxygens (including phenoxy) is 2. The van der Waals surface area contributed by atoms with Crippen LogP contribution in [0.2, 0.25) is 5.02 Å². The van der Waals surface area contributed by atoms with Gasteiger partial charge < -0.3 is 18.6 Å². The molecule has 0 saturated carbocycles. The van der Waals surface area contributed by atoms with E-state index in [0.717, 1.165) is 47.0 Å². The number of hydrogen-bond donors (Lipinski definition) is 0. The van der Waals surface area contributed by atoms with Gasteiger partial charge in [-0.15, -0.1) is 0 Å². The van der Waals surface area contributed by atoms with Crippen molar-refractivity contribution in [3.05, 3.63) is 53.2 Å². The maximum Gasteiger partial charge on any atom is 0.306 e. The number of hydrogen-bond acceptors (Lipinski definition) is 6. The first-order valence-corrected chi connectivity index (χ1v) is 12.9. The molecule has 4 rings (SSSR count). The lowest BCUT2D eigenvalue weighted by Crippen LogP contribution is -2.06. The van der Waals surface area contributed by atoms with Crippen LogP contribution in [0.1, 0.15) is 52.5 Å². The average Bonchev–Trinajstić information content (AvgIpc) is 3.48. The van der Waals surface area contributed by atoms with Gasteiger partial charge in [0.2, 0.25) is 5.82 Å². The minimum absolute atomic E-state index is 0.0232. The van der Waals surface area contributed by atoms with Crippen LogP contribution >= 0.6 is 11.6 Å². The summed E-state index contributed by atoms with van der Waals surface area (Å²) in [6.45, 7) is 9.32. The van der Waals surface area contributed by atoms with E-state index in [-0.39, 0.29) is 12.1 Å². The Kier molecular flexibility index (Phi) is 8.31. The first-order chi connectivity index (χ1) is 17.4. The van der Waals surface area contributed by atoms with Crippen LogP contribution in [0.3, 0.4) is 0 Å². The number of nitrogens with zero attached hydrogens (tertiary/aromatic N) is 3. The molecule has 0 N–H and O–H groups in total. The second kappa shape index (κ2) is 11.6. The van der Waals surface area contributed by atoms with Crippen molar-refractivity contribution in [2.45, 2.75) is 66.0 Å². The quantitative estimate of drug-likeness (QED) is 0.201. The van der Waals surface area contributed by atoms with Crippen molar-refractivity contribution in [2.75, 3.05) is 6.61 Å². The number of carbonyl (C=O) groups excluding carboxylic acids is 1. The lowest BCUT2D eigenvalue weighted by atomic mass is 10.1. The Morgan fingerprint density at radius 1 is 1.17 bits per heavy atom. The summed E-state index contributed by atoms with van der Waals surface area (Å²) in [6.07, 6.45) is 4.89. The van der Waals surface area contributed by atoms with Crippen LogP contribution in [0, 0.1) is 0 Å². The van der Waals surface area contributed by atoms with Gasteiger partial charge in [0.05, 0.1) is 23.3 Å². The Bertz CT molecular complexity index is 1340. The molecule has 7 nitrogen and oxygen atoms in total. The molecule has 0 fully saturated rings. The topological polar surface area (TPSA) is 79.4 Å². The molecule has 0 spiro atoms. The Labute approximate surface area is 216 Å². The van der Waals surface area contributed by atoms with E-state index in [9.17, 15) is 4.79 Å². The Morgan fingerprint density at radius 2 is 2.00 bits per heavy atom. The SMILES string of the molecule is CCCOC(=O)CCc1cn(CCC)c2c(-c3noc(-c4ccc(OC(C)C)c(Cl)c4)n3)cccc12. The summed E-state index contributed by atoms with van der Waals surface area (Å²) in [5, 5.41) is 5.85. The summed E-state index contributed by atoms with van der Waals surface area (Å²) in [4.78, 5) is 16.8. The van der Waals surface area contributed by atoms with E-state index in [0.29, 0.717) is 41.9 Å². The zero-order valence-electron chi connectivity index (χ0n) is 21.2. The van der Waals surface area contributed by atoms with Gasteiger partial charge in [-0.1, -0.05) is 42.7 Å². The summed E-state index contributed by atoms with van der Waals surface area (Å²) >= 11 is 6.41. The number of fused-ring (bicyclic) bond motifs is 1. The lowest BCUT2D eigenvalue weighted by molar-refractivity contribution is -0.143. The lowest BCUT2D eigenvalue weighted by Gasteiger charge is -2.11. The van der Waals surface area contributed by atoms with E-state index < -0.39 is 0 Å². The highest BCUT2D eigenvalue weighted by molar-refractivity contribution is 6.32. The molecule has 8 heteroatoms. The molecule has 2 heterocycles. The highest BCUT2D eigenvalue weighted by Crippen LogP contribution is 2.34. The maximum absolute atomic E-state index is 12.1. The first kappa shape index (κ1) is 25.8. The van der Waals surface area contributed by atoms with Crippen molar-refractivity contribution in [3.63, 3.8) is 0 Å². The van der Waals surface area contributed by atoms with Gasteiger partial charge in [-0.25, -0.2) is 0 Å². The number of para-hydroxylation sites is 1. The van der Waals surface area contributed by atoms with E-state index in [1.54, 1.807) is 6.07 Å². The van der Waals surface area contributed by atoms with Gasteiger partial charge in [0, 0.05) is 35.7 Å². The highest BCUT2D eigenvalue weighted by Gasteiger charge is 2.19. The molecule has 0 atom stereocenters. The van der Waals surface area contributed by atoms with Gasteiger partial charge in [-0.2, -0.15) is 4.98 Å². The molecule has 0 radical (unpaired) electrons. The largest absolute Gasteiger partial charge is 0.489 e. The van der Waals surface area contributed by atoms with Crippen LogP contribution in [0.25, 0.3) is 33.7 Å². The van der Waals surface area contributed by atoms with Crippen LogP contribution in [0.5, 0.6) is 5.75 Å². The fourth-order valence-electron chi connectivity index (χ4n) is 4.19. The Balaban J connectivity index is 1.66. The fourth-order valence-corrected chi connectivity index (χ4v) is 4.41. The summed E-state index contributed by atoms with van der Waals surface area (Å²) in [5.41, 5.74) is 3.73. The zero-order valence-corrected chi connectivity index (χ0v) is 22.0.